The minimum absolute atomic E-state index is 0.457. The van der Waals surface area contributed by atoms with Crippen molar-refractivity contribution in [2.75, 3.05) is 0 Å². The van der Waals surface area contributed by atoms with Gasteiger partial charge in [-0.3, -0.25) is 0 Å². The third-order valence-corrected chi connectivity index (χ3v) is 5.29. The lowest BCUT2D eigenvalue weighted by Gasteiger charge is -1.79. The molecule has 82 valence electrons. The van der Waals surface area contributed by atoms with Crippen LogP contribution in [0.3, 0.4) is 0 Å². The van der Waals surface area contributed by atoms with Crippen LogP contribution in [-0.4, -0.2) is 0 Å². The highest BCUT2D eigenvalue weighted by Crippen LogP contribution is 2.35. The first-order valence-electron chi connectivity index (χ1n) is 3.47. The van der Waals surface area contributed by atoms with Gasteiger partial charge >= 0.3 is 0 Å². The first-order valence-corrected chi connectivity index (χ1v) is 7.18. The van der Waals surface area contributed by atoms with Gasteiger partial charge in [0.05, 0.1) is 20.1 Å². The van der Waals surface area contributed by atoms with Gasteiger partial charge in [0.25, 0.3) is 0 Å². The smallest absolute Gasteiger partial charge is 0.113 e. The van der Waals surface area contributed by atoms with Gasteiger partial charge in [0, 0.05) is 16.1 Å². The predicted molar refractivity (Wildman–Crippen MR) is 73.7 cm³/mol. The van der Waals surface area contributed by atoms with E-state index in [0.29, 0.717) is 24.4 Å². The molecule has 2 aromatic heterocycles. The summed E-state index contributed by atoms with van der Waals surface area (Å²) in [5.41, 5.74) is 0. The van der Waals surface area contributed by atoms with Crippen LogP contribution in [-0.2, 0) is 0 Å². The van der Waals surface area contributed by atoms with Gasteiger partial charge < -0.3 is 0 Å². The van der Waals surface area contributed by atoms with Gasteiger partial charge in [-0.15, -0.1) is 22.7 Å². The summed E-state index contributed by atoms with van der Waals surface area (Å²) >= 11 is 30.4. The van der Waals surface area contributed by atoms with Gasteiger partial charge in [0.15, 0.2) is 0 Å². The number of rotatable bonds is 0. The Bertz CT molecular complexity index is 398. The highest BCUT2D eigenvalue weighted by atomic mass is 35.5. The third-order valence-electron chi connectivity index (χ3n) is 1.22. The lowest BCUT2D eigenvalue weighted by molar-refractivity contribution is 1.99. The van der Waals surface area contributed by atoms with Crippen LogP contribution < -0.4 is 0 Å². The Morgan fingerprint density at radius 3 is 1.40 bits per heavy atom. The van der Waals surface area contributed by atoms with Crippen LogP contribution in [0.2, 0.25) is 24.4 Å². The van der Waals surface area contributed by atoms with Crippen molar-refractivity contribution in [1.82, 2.24) is 0 Å². The van der Waals surface area contributed by atoms with Crippen LogP contribution in [0.4, 0.5) is 0 Å². The van der Waals surface area contributed by atoms with E-state index in [9.17, 15) is 0 Å². The number of hydrogen-bond acceptors (Lipinski definition) is 2. The maximum absolute atomic E-state index is 5.54. The van der Waals surface area contributed by atoms with E-state index in [2.05, 4.69) is 0 Å². The van der Waals surface area contributed by atoms with Gasteiger partial charge in [-0.05, 0) is 0 Å². The molecule has 0 amide bonds. The summed E-state index contributed by atoms with van der Waals surface area (Å²) in [7, 11) is 0. The van der Waals surface area contributed by atoms with E-state index >= 15 is 0 Å². The van der Waals surface area contributed by atoms with Crippen molar-refractivity contribution in [3.63, 3.8) is 0 Å². The fourth-order valence-electron chi connectivity index (χ4n) is 0.567. The second-order valence-corrected chi connectivity index (χ2v) is 6.06. The number of halogens is 5. The molecule has 0 bridgehead atoms. The van der Waals surface area contributed by atoms with Crippen molar-refractivity contribution in [2.45, 2.75) is 0 Å². The molecule has 0 spiro atoms. The van der Waals surface area contributed by atoms with Gasteiger partial charge in [0.1, 0.15) is 4.34 Å². The second-order valence-electron chi connectivity index (χ2n) is 2.24. The molecule has 15 heavy (non-hydrogen) atoms. The fraction of sp³-hybridized carbons (Fsp3) is 0. The second kappa shape index (κ2) is 6.55. The minimum atomic E-state index is 0.457. The van der Waals surface area contributed by atoms with E-state index in [1.54, 1.807) is 16.1 Å². The van der Waals surface area contributed by atoms with Crippen molar-refractivity contribution in [1.29, 1.82) is 0 Å². The van der Waals surface area contributed by atoms with Gasteiger partial charge in [-0.2, -0.15) is 0 Å². The molecular formula is C8H3Cl5S2. The highest BCUT2D eigenvalue weighted by Gasteiger charge is 2.02. The first-order chi connectivity index (χ1) is 7.02. The molecule has 0 fully saturated rings. The summed E-state index contributed by atoms with van der Waals surface area (Å²) in [6, 6.07) is 0. The van der Waals surface area contributed by atoms with E-state index in [4.69, 9.17) is 58.0 Å². The maximum Gasteiger partial charge on any atom is 0.113 e. The highest BCUT2D eigenvalue weighted by molar-refractivity contribution is 7.15. The van der Waals surface area contributed by atoms with Gasteiger partial charge in [-0.1, -0.05) is 58.0 Å². The molecule has 2 rings (SSSR count). The average molecular weight is 341 g/mol. The molecule has 2 heterocycles. The molecule has 0 nitrogen and oxygen atoms in total. The molecule has 0 aliphatic carbocycles. The van der Waals surface area contributed by atoms with Gasteiger partial charge in [-0.25, -0.2) is 0 Å². The van der Waals surface area contributed by atoms with E-state index < -0.39 is 0 Å². The van der Waals surface area contributed by atoms with Gasteiger partial charge in [0.2, 0.25) is 0 Å². The molecule has 0 aromatic carbocycles. The molecule has 7 heteroatoms. The van der Waals surface area contributed by atoms with Crippen molar-refractivity contribution < 1.29 is 0 Å². The van der Waals surface area contributed by atoms with Crippen LogP contribution >= 0.6 is 80.7 Å². The Labute approximate surface area is 120 Å². The zero-order valence-electron chi connectivity index (χ0n) is 6.94. The molecule has 0 aliphatic rings. The molecular weight excluding hydrogens is 337 g/mol. The zero-order valence-corrected chi connectivity index (χ0v) is 12.4. The zero-order chi connectivity index (χ0) is 11.4. The van der Waals surface area contributed by atoms with Crippen LogP contribution in [0, 0.1) is 0 Å². The van der Waals surface area contributed by atoms with Crippen molar-refractivity contribution in [3.05, 3.63) is 40.6 Å². The van der Waals surface area contributed by atoms with Crippen molar-refractivity contribution >= 4 is 80.7 Å². The Morgan fingerprint density at radius 1 is 0.733 bits per heavy atom. The van der Waals surface area contributed by atoms with E-state index in [0.717, 1.165) is 0 Å². The van der Waals surface area contributed by atoms with Crippen LogP contribution in [0.15, 0.2) is 16.1 Å². The standard InChI is InChI=1S/C4HCl3S.C4H2Cl2S/c5-2-1-8-4(7)3(2)6;5-3-1-7-2-4(3)6/h1H;1-2H. The first kappa shape index (κ1) is 13.9. The predicted octanol–water partition coefficient (Wildman–Crippen LogP) is 6.76. The molecule has 0 saturated carbocycles. The molecule has 0 aliphatic heterocycles. The third kappa shape index (κ3) is 4.31. The van der Waals surface area contributed by atoms with E-state index in [1.165, 1.54) is 22.7 Å². The maximum atomic E-state index is 5.54. The van der Waals surface area contributed by atoms with Crippen LogP contribution in [0.5, 0.6) is 0 Å². The molecule has 0 saturated heterocycles. The van der Waals surface area contributed by atoms with E-state index in [-0.39, 0.29) is 0 Å². The molecule has 0 unspecified atom stereocenters. The Kier molecular flexibility index (Phi) is 6.08. The minimum Gasteiger partial charge on any atom is -0.149 e. The van der Waals surface area contributed by atoms with Crippen LogP contribution in [0.1, 0.15) is 0 Å². The topological polar surface area (TPSA) is 0 Å². The normalized spacial score (nSPS) is 9.67. The largest absolute Gasteiger partial charge is 0.149 e. The monoisotopic (exact) mass is 338 g/mol. The summed E-state index contributed by atoms with van der Waals surface area (Å²) < 4.78 is 0.552. The number of thiophene rings is 2. The summed E-state index contributed by atoms with van der Waals surface area (Å²) in [6.07, 6.45) is 0. The van der Waals surface area contributed by atoms with Crippen molar-refractivity contribution in [2.24, 2.45) is 0 Å². The molecule has 2 aromatic rings. The van der Waals surface area contributed by atoms with Crippen molar-refractivity contribution in [3.8, 4) is 0 Å². The molecule has 0 atom stereocenters. The molecule has 0 N–H and O–H groups in total. The fourth-order valence-corrected chi connectivity index (χ4v) is 3.03. The summed E-state index contributed by atoms with van der Waals surface area (Å²) in [5.74, 6) is 0. The Balaban J connectivity index is 0.000000151. The number of hydrogen-bond donors (Lipinski definition) is 0. The SMILES string of the molecule is Clc1csc(Cl)c1Cl.Clc1cscc1Cl. The molecule has 0 radical (unpaired) electrons. The van der Waals surface area contributed by atoms with E-state index in [1.807, 2.05) is 0 Å². The lowest BCUT2D eigenvalue weighted by Crippen LogP contribution is -1.50. The lowest BCUT2D eigenvalue weighted by atomic mass is 10.7. The average Bonchev–Trinajstić information content (AvgIpc) is 2.70. The summed E-state index contributed by atoms with van der Waals surface area (Å²) in [4.78, 5) is 0. The Hall–Kier alpha value is 0.850. The van der Waals surface area contributed by atoms with Crippen LogP contribution in [0.25, 0.3) is 0 Å². The summed E-state index contributed by atoms with van der Waals surface area (Å²) in [6.45, 7) is 0. The Morgan fingerprint density at radius 2 is 1.27 bits per heavy atom. The summed E-state index contributed by atoms with van der Waals surface area (Å²) in [5, 5.41) is 7.57. The quantitative estimate of drug-likeness (QED) is 0.497.